The van der Waals surface area contributed by atoms with Crippen LogP contribution in [0.15, 0.2) is 91.1 Å². The summed E-state index contributed by atoms with van der Waals surface area (Å²) in [7, 11) is 0. The molecule has 0 amide bonds. The van der Waals surface area contributed by atoms with Crippen molar-refractivity contribution in [2.75, 3.05) is 0 Å². The van der Waals surface area contributed by atoms with E-state index in [1.54, 1.807) is 6.07 Å². The van der Waals surface area contributed by atoms with Gasteiger partial charge in [0.15, 0.2) is 0 Å². The van der Waals surface area contributed by atoms with Gasteiger partial charge in [0.05, 0.1) is 6.10 Å². The fraction of sp³-hybridized carbons (Fsp3) is 0.387. The van der Waals surface area contributed by atoms with Gasteiger partial charge < -0.3 is 14.6 Å². The summed E-state index contributed by atoms with van der Waals surface area (Å²) in [5.41, 5.74) is 0. The zero-order valence-corrected chi connectivity index (χ0v) is 21.6. The molecule has 1 N–H and O–H groups in total. The quantitative estimate of drug-likeness (QED) is 0.138. The molecule has 35 heavy (non-hydrogen) atoms. The molecule has 0 spiro atoms. The van der Waals surface area contributed by atoms with Crippen LogP contribution in [-0.2, 0) is 4.79 Å². The monoisotopic (exact) mass is 478 g/mol. The van der Waals surface area contributed by atoms with Gasteiger partial charge in [0.25, 0.3) is 0 Å². The third kappa shape index (κ3) is 17.8. The number of benzene rings is 1. The van der Waals surface area contributed by atoms with Crippen LogP contribution in [0.1, 0.15) is 72.1 Å². The highest BCUT2D eigenvalue weighted by atomic mass is 16.5. The van der Waals surface area contributed by atoms with E-state index in [2.05, 4.69) is 67.7 Å². The second kappa shape index (κ2) is 20.1. The molecule has 0 aromatic heterocycles. The van der Waals surface area contributed by atoms with Crippen molar-refractivity contribution >= 4 is 5.97 Å². The lowest BCUT2D eigenvalue weighted by molar-refractivity contribution is -0.134. The number of rotatable bonds is 17. The Morgan fingerprint density at radius 3 is 1.69 bits per heavy atom. The van der Waals surface area contributed by atoms with Crippen LogP contribution in [0.25, 0.3) is 0 Å². The number of esters is 1. The van der Waals surface area contributed by atoms with Gasteiger partial charge in [-0.05, 0) is 58.8 Å². The predicted molar refractivity (Wildman–Crippen MR) is 147 cm³/mol. The maximum atomic E-state index is 12.0. The second-order valence-electron chi connectivity index (χ2n) is 8.26. The number of aromatic hydroxyl groups is 1. The number of phenolic OH excluding ortho intramolecular Hbond substituents is 1. The molecule has 4 heteroatoms. The molecule has 0 unspecified atom stereocenters. The smallest absolute Gasteiger partial charge is 0.311 e. The van der Waals surface area contributed by atoms with Crippen LogP contribution >= 0.6 is 0 Å². The Balaban J connectivity index is 2.13. The van der Waals surface area contributed by atoms with E-state index in [0.29, 0.717) is 12.2 Å². The van der Waals surface area contributed by atoms with Crippen molar-refractivity contribution in [2.45, 2.75) is 78.2 Å². The number of hydrogen-bond donors (Lipinski definition) is 1. The van der Waals surface area contributed by atoms with Crippen molar-refractivity contribution in [3.63, 3.8) is 0 Å². The Morgan fingerprint density at radius 2 is 1.20 bits per heavy atom. The average Bonchev–Trinajstić information content (AvgIpc) is 2.79. The standard InChI is InChI=1S/C31H42O4/c1-4-5-6-7-8-9-10-11-12-13-14-15-16-17-18-19-20-21-22-23-31(33)35-30-25-28(32)24-29(26-30)34-27(2)3/h5-6,8-9,11-12,14-15,17-18,20-21,24-27,32H,4,7,10,13,16,19,22-23H2,1-3H3/b6-5-,9-8-,12-11-,15-14-,18-17-,21-20-. The molecular formula is C31H42O4. The third-order valence-electron chi connectivity index (χ3n) is 4.58. The van der Waals surface area contributed by atoms with Gasteiger partial charge in [-0.25, -0.2) is 0 Å². The first-order chi connectivity index (χ1) is 17.0. The summed E-state index contributed by atoms with van der Waals surface area (Å²) in [5.74, 6) is 0.418. The minimum absolute atomic E-state index is 0.00269. The van der Waals surface area contributed by atoms with Crippen molar-refractivity contribution in [1.29, 1.82) is 0 Å². The summed E-state index contributed by atoms with van der Waals surface area (Å²) in [6.45, 7) is 5.93. The molecule has 0 aliphatic heterocycles. The number of carbonyl (C=O) groups is 1. The van der Waals surface area contributed by atoms with Crippen molar-refractivity contribution in [2.24, 2.45) is 0 Å². The molecule has 0 bridgehead atoms. The Kier molecular flexibility index (Phi) is 17.1. The largest absolute Gasteiger partial charge is 0.508 e. The molecule has 0 saturated heterocycles. The van der Waals surface area contributed by atoms with E-state index in [4.69, 9.17) is 9.47 Å². The van der Waals surface area contributed by atoms with E-state index < -0.39 is 0 Å². The molecule has 190 valence electrons. The number of allylic oxidation sites excluding steroid dienone is 12. The molecule has 0 radical (unpaired) electrons. The molecule has 1 aromatic rings. The van der Waals surface area contributed by atoms with Gasteiger partial charge in [0.1, 0.15) is 17.2 Å². The van der Waals surface area contributed by atoms with Gasteiger partial charge in [0, 0.05) is 24.6 Å². The van der Waals surface area contributed by atoms with E-state index in [-0.39, 0.29) is 30.0 Å². The molecule has 0 atom stereocenters. The van der Waals surface area contributed by atoms with E-state index in [1.165, 1.54) is 12.1 Å². The molecule has 0 heterocycles. The van der Waals surface area contributed by atoms with Crippen molar-refractivity contribution in [3.8, 4) is 17.2 Å². The highest BCUT2D eigenvalue weighted by molar-refractivity contribution is 5.72. The van der Waals surface area contributed by atoms with Gasteiger partial charge in [-0.1, -0.05) is 79.8 Å². The minimum Gasteiger partial charge on any atom is -0.508 e. The van der Waals surface area contributed by atoms with E-state index >= 15 is 0 Å². The summed E-state index contributed by atoms with van der Waals surface area (Å²) in [6.07, 6.45) is 32.5. The van der Waals surface area contributed by atoms with E-state index in [9.17, 15) is 9.90 Å². The summed E-state index contributed by atoms with van der Waals surface area (Å²) in [6, 6.07) is 4.51. The molecular weight excluding hydrogens is 436 g/mol. The first-order valence-corrected chi connectivity index (χ1v) is 12.6. The van der Waals surface area contributed by atoms with Gasteiger partial charge in [0.2, 0.25) is 0 Å². The molecule has 0 saturated carbocycles. The zero-order chi connectivity index (χ0) is 25.6. The number of carbonyl (C=O) groups excluding carboxylic acids is 1. The number of phenols is 1. The maximum Gasteiger partial charge on any atom is 0.311 e. The van der Waals surface area contributed by atoms with Gasteiger partial charge in [-0.15, -0.1) is 0 Å². The fourth-order valence-electron chi connectivity index (χ4n) is 2.98. The van der Waals surface area contributed by atoms with Crippen LogP contribution in [0.2, 0.25) is 0 Å². The van der Waals surface area contributed by atoms with Crippen LogP contribution in [-0.4, -0.2) is 17.2 Å². The SMILES string of the molecule is CC/C=C\C/C=C\C/C=C\C/C=C\C/C=C\C/C=C\CCC(=O)Oc1cc(O)cc(OC(C)C)c1. The summed E-state index contributed by atoms with van der Waals surface area (Å²) < 4.78 is 10.9. The predicted octanol–water partition coefficient (Wildman–Crippen LogP) is 8.56. The highest BCUT2D eigenvalue weighted by Gasteiger charge is 2.08. The maximum absolute atomic E-state index is 12.0. The first-order valence-electron chi connectivity index (χ1n) is 12.6. The lowest BCUT2D eigenvalue weighted by atomic mass is 10.2. The van der Waals surface area contributed by atoms with E-state index in [0.717, 1.165) is 38.5 Å². The molecule has 0 fully saturated rings. The second-order valence-corrected chi connectivity index (χ2v) is 8.26. The molecule has 0 aliphatic rings. The summed E-state index contributed by atoms with van der Waals surface area (Å²) in [4.78, 5) is 12.0. The average molecular weight is 479 g/mol. The minimum atomic E-state index is -0.342. The Morgan fingerprint density at radius 1 is 0.743 bits per heavy atom. The normalized spacial score (nSPS) is 12.6. The van der Waals surface area contributed by atoms with Crippen LogP contribution in [0, 0.1) is 0 Å². The van der Waals surface area contributed by atoms with Crippen LogP contribution in [0.4, 0.5) is 0 Å². The lowest BCUT2D eigenvalue weighted by Gasteiger charge is -2.11. The van der Waals surface area contributed by atoms with Gasteiger partial charge in [-0.2, -0.15) is 0 Å². The van der Waals surface area contributed by atoms with Crippen LogP contribution in [0.3, 0.4) is 0 Å². The van der Waals surface area contributed by atoms with Crippen molar-refractivity contribution in [1.82, 2.24) is 0 Å². The van der Waals surface area contributed by atoms with Crippen LogP contribution in [0.5, 0.6) is 17.2 Å². The van der Waals surface area contributed by atoms with E-state index in [1.807, 2.05) is 26.0 Å². The lowest BCUT2D eigenvalue weighted by Crippen LogP contribution is -2.08. The topological polar surface area (TPSA) is 55.8 Å². The Labute approximate surface area is 212 Å². The fourth-order valence-corrected chi connectivity index (χ4v) is 2.98. The van der Waals surface area contributed by atoms with Gasteiger partial charge >= 0.3 is 5.97 Å². The summed E-state index contributed by atoms with van der Waals surface area (Å²) in [5, 5.41) is 9.76. The zero-order valence-electron chi connectivity index (χ0n) is 21.6. The molecule has 0 aliphatic carbocycles. The number of ether oxygens (including phenoxy) is 2. The third-order valence-corrected chi connectivity index (χ3v) is 4.58. The van der Waals surface area contributed by atoms with Crippen molar-refractivity contribution in [3.05, 3.63) is 91.1 Å². The van der Waals surface area contributed by atoms with Gasteiger partial charge in [-0.3, -0.25) is 4.79 Å². The first kappa shape index (κ1) is 29.8. The van der Waals surface area contributed by atoms with Crippen molar-refractivity contribution < 1.29 is 19.4 Å². The molecule has 1 rings (SSSR count). The highest BCUT2D eigenvalue weighted by Crippen LogP contribution is 2.27. The summed E-state index contributed by atoms with van der Waals surface area (Å²) >= 11 is 0. The Bertz CT molecular complexity index is 885. The molecule has 4 nitrogen and oxygen atoms in total. The Hall–Kier alpha value is -3.27. The molecule has 1 aromatic carbocycles. The number of hydrogen-bond acceptors (Lipinski definition) is 4. The van der Waals surface area contributed by atoms with Crippen LogP contribution < -0.4 is 9.47 Å².